The topological polar surface area (TPSA) is 24.1 Å². The van der Waals surface area contributed by atoms with E-state index < -0.39 is 0 Å². The Kier molecular flexibility index (Phi) is 4.06. The monoisotopic (exact) mass is 232 g/mol. The molecule has 1 aromatic rings. The highest BCUT2D eigenvalue weighted by Crippen LogP contribution is 2.22. The molecule has 94 valence electrons. The molecule has 0 saturated carbocycles. The van der Waals surface area contributed by atoms with E-state index >= 15 is 0 Å². The molecule has 0 bridgehead atoms. The van der Waals surface area contributed by atoms with Gasteiger partial charge in [0.25, 0.3) is 0 Å². The average Bonchev–Trinajstić information content (AvgIpc) is 2.75. The zero-order valence-electron chi connectivity index (χ0n) is 11.2. The standard InChI is InChI=1S/C15H24N2/c1-11(2)12(3)9-16-10-13-4-5-15-14(8-13)6-7-17-15/h4-5,8,11-12,16-17H,6-7,9-10H2,1-3H3. The van der Waals surface area contributed by atoms with E-state index in [-0.39, 0.29) is 0 Å². The summed E-state index contributed by atoms with van der Waals surface area (Å²) in [6.07, 6.45) is 1.17. The van der Waals surface area contributed by atoms with Gasteiger partial charge in [-0.3, -0.25) is 0 Å². The minimum absolute atomic E-state index is 0.742. The normalized spacial score (nSPS) is 15.8. The second-order valence-corrected chi connectivity index (χ2v) is 5.52. The lowest BCUT2D eigenvalue weighted by atomic mass is 9.98. The van der Waals surface area contributed by atoms with Crippen LogP contribution in [-0.2, 0) is 13.0 Å². The van der Waals surface area contributed by atoms with E-state index in [9.17, 15) is 0 Å². The molecular weight excluding hydrogens is 208 g/mol. The van der Waals surface area contributed by atoms with Crippen LogP contribution in [0.2, 0.25) is 0 Å². The summed E-state index contributed by atoms with van der Waals surface area (Å²) in [7, 11) is 0. The molecule has 2 heteroatoms. The van der Waals surface area contributed by atoms with Gasteiger partial charge in [-0.05, 0) is 42.0 Å². The molecule has 0 aliphatic carbocycles. The van der Waals surface area contributed by atoms with E-state index in [4.69, 9.17) is 0 Å². The molecule has 2 nitrogen and oxygen atoms in total. The molecule has 1 atom stereocenters. The third kappa shape index (κ3) is 3.22. The van der Waals surface area contributed by atoms with Gasteiger partial charge >= 0.3 is 0 Å². The van der Waals surface area contributed by atoms with Gasteiger partial charge in [-0.25, -0.2) is 0 Å². The third-order valence-corrected chi connectivity index (χ3v) is 3.81. The second kappa shape index (κ2) is 5.54. The van der Waals surface area contributed by atoms with Crippen molar-refractivity contribution in [2.24, 2.45) is 11.8 Å². The molecule has 0 amide bonds. The SMILES string of the molecule is CC(C)C(C)CNCc1ccc2c(c1)CCN2. The van der Waals surface area contributed by atoms with Crippen molar-refractivity contribution in [1.29, 1.82) is 0 Å². The Morgan fingerprint density at radius 3 is 2.88 bits per heavy atom. The third-order valence-electron chi connectivity index (χ3n) is 3.81. The molecule has 1 aromatic carbocycles. The fourth-order valence-corrected chi connectivity index (χ4v) is 2.15. The quantitative estimate of drug-likeness (QED) is 0.815. The molecule has 0 radical (unpaired) electrons. The number of rotatable bonds is 5. The Labute approximate surface area is 105 Å². The first-order valence-corrected chi connectivity index (χ1v) is 6.73. The maximum absolute atomic E-state index is 3.55. The van der Waals surface area contributed by atoms with Gasteiger partial charge in [0.05, 0.1) is 0 Å². The van der Waals surface area contributed by atoms with E-state index in [2.05, 4.69) is 49.6 Å². The van der Waals surface area contributed by atoms with Crippen LogP contribution in [-0.4, -0.2) is 13.1 Å². The number of benzene rings is 1. The highest BCUT2D eigenvalue weighted by atomic mass is 14.9. The summed E-state index contributed by atoms with van der Waals surface area (Å²) in [5.41, 5.74) is 4.20. The van der Waals surface area contributed by atoms with E-state index in [0.29, 0.717) is 0 Å². The molecule has 0 aromatic heterocycles. The van der Waals surface area contributed by atoms with Crippen LogP contribution in [0, 0.1) is 11.8 Å². The van der Waals surface area contributed by atoms with Gasteiger partial charge in [-0.15, -0.1) is 0 Å². The zero-order chi connectivity index (χ0) is 12.3. The maximum atomic E-state index is 3.55. The van der Waals surface area contributed by atoms with Crippen molar-refractivity contribution in [2.45, 2.75) is 33.7 Å². The summed E-state index contributed by atoms with van der Waals surface area (Å²) in [6.45, 7) is 10.1. The number of anilines is 1. The Bertz CT molecular complexity index is 371. The van der Waals surface area contributed by atoms with Crippen molar-refractivity contribution in [2.75, 3.05) is 18.4 Å². The summed E-state index contributed by atoms with van der Waals surface area (Å²) in [4.78, 5) is 0. The molecule has 0 saturated heterocycles. The van der Waals surface area contributed by atoms with Gasteiger partial charge in [0.2, 0.25) is 0 Å². The molecular formula is C15H24N2. The summed E-state index contributed by atoms with van der Waals surface area (Å²) >= 11 is 0. The number of fused-ring (bicyclic) bond motifs is 1. The van der Waals surface area contributed by atoms with Crippen LogP contribution in [0.3, 0.4) is 0 Å². The predicted octanol–water partition coefficient (Wildman–Crippen LogP) is 3.04. The van der Waals surface area contributed by atoms with Crippen LogP contribution in [0.1, 0.15) is 31.9 Å². The second-order valence-electron chi connectivity index (χ2n) is 5.52. The molecule has 1 aliphatic rings. The van der Waals surface area contributed by atoms with Crippen molar-refractivity contribution in [3.63, 3.8) is 0 Å². The molecule has 0 fully saturated rings. The molecule has 1 heterocycles. The molecule has 1 unspecified atom stereocenters. The smallest absolute Gasteiger partial charge is 0.0373 e. The number of hydrogen-bond acceptors (Lipinski definition) is 2. The van der Waals surface area contributed by atoms with Gasteiger partial charge in [0.15, 0.2) is 0 Å². The van der Waals surface area contributed by atoms with Crippen LogP contribution in [0.15, 0.2) is 18.2 Å². The first kappa shape index (κ1) is 12.4. The van der Waals surface area contributed by atoms with Crippen LogP contribution in [0.4, 0.5) is 5.69 Å². The predicted molar refractivity (Wildman–Crippen MR) is 74.3 cm³/mol. The van der Waals surface area contributed by atoms with E-state index in [1.165, 1.54) is 23.2 Å². The van der Waals surface area contributed by atoms with Crippen molar-refractivity contribution in [3.8, 4) is 0 Å². The lowest BCUT2D eigenvalue weighted by Crippen LogP contribution is -2.23. The highest BCUT2D eigenvalue weighted by molar-refractivity contribution is 5.56. The fourth-order valence-electron chi connectivity index (χ4n) is 2.15. The lowest BCUT2D eigenvalue weighted by Gasteiger charge is -2.16. The molecule has 2 rings (SSSR count). The maximum Gasteiger partial charge on any atom is 0.0373 e. The Morgan fingerprint density at radius 1 is 1.29 bits per heavy atom. The van der Waals surface area contributed by atoms with E-state index in [0.717, 1.165) is 31.5 Å². The summed E-state index contributed by atoms with van der Waals surface area (Å²) < 4.78 is 0. The van der Waals surface area contributed by atoms with E-state index in [1.807, 2.05) is 0 Å². The largest absolute Gasteiger partial charge is 0.384 e. The van der Waals surface area contributed by atoms with Crippen molar-refractivity contribution in [1.82, 2.24) is 5.32 Å². The summed E-state index contributed by atoms with van der Waals surface area (Å²) in [5.74, 6) is 1.50. The Balaban J connectivity index is 1.83. The van der Waals surface area contributed by atoms with E-state index in [1.54, 1.807) is 0 Å². The average molecular weight is 232 g/mol. The Hall–Kier alpha value is -1.02. The molecule has 0 spiro atoms. The van der Waals surface area contributed by atoms with Crippen molar-refractivity contribution >= 4 is 5.69 Å². The summed E-state index contributed by atoms with van der Waals surface area (Å²) in [6, 6.07) is 6.78. The van der Waals surface area contributed by atoms with Crippen LogP contribution >= 0.6 is 0 Å². The van der Waals surface area contributed by atoms with Crippen molar-refractivity contribution < 1.29 is 0 Å². The zero-order valence-corrected chi connectivity index (χ0v) is 11.2. The number of hydrogen-bond donors (Lipinski definition) is 2. The summed E-state index contributed by atoms with van der Waals surface area (Å²) in [5, 5.41) is 6.95. The molecule has 1 aliphatic heterocycles. The Morgan fingerprint density at radius 2 is 2.12 bits per heavy atom. The van der Waals surface area contributed by atoms with Gasteiger partial charge < -0.3 is 10.6 Å². The van der Waals surface area contributed by atoms with Crippen molar-refractivity contribution in [3.05, 3.63) is 29.3 Å². The fraction of sp³-hybridized carbons (Fsp3) is 0.600. The lowest BCUT2D eigenvalue weighted by molar-refractivity contribution is 0.392. The van der Waals surface area contributed by atoms with Crippen LogP contribution in [0.5, 0.6) is 0 Å². The highest BCUT2D eigenvalue weighted by Gasteiger charge is 2.10. The minimum Gasteiger partial charge on any atom is -0.384 e. The minimum atomic E-state index is 0.742. The van der Waals surface area contributed by atoms with Gasteiger partial charge in [0.1, 0.15) is 0 Å². The first-order chi connectivity index (χ1) is 8.16. The van der Waals surface area contributed by atoms with Gasteiger partial charge in [-0.2, -0.15) is 0 Å². The first-order valence-electron chi connectivity index (χ1n) is 6.73. The van der Waals surface area contributed by atoms with Gasteiger partial charge in [0, 0.05) is 18.8 Å². The molecule has 17 heavy (non-hydrogen) atoms. The van der Waals surface area contributed by atoms with Crippen LogP contribution in [0.25, 0.3) is 0 Å². The van der Waals surface area contributed by atoms with Gasteiger partial charge in [-0.1, -0.05) is 32.9 Å². The van der Waals surface area contributed by atoms with Crippen LogP contribution < -0.4 is 10.6 Å². The number of nitrogens with one attached hydrogen (secondary N) is 2. The molecule has 2 N–H and O–H groups in total.